The van der Waals surface area contributed by atoms with E-state index in [1.54, 1.807) is 36.0 Å². The molecule has 0 fully saturated rings. The minimum Gasteiger partial charge on any atom is -0.491 e. The van der Waals surface area contributed by atoms with Gasteiger partial charge in [0.15, 0.2) is 0 Å². The fourth-order valence-electron chi connectivity index (χ4n) is 2.43. The summed E-state index contributed by atoms with van der Waals surface area (Å²) in [5.41, 5.74) is 0.424. The molecule has 2 aromatic carbocycles. The Morgan fingerprint density at radius 1 is 1.11 bits per heavy atom. The van der Waals surface area contributed by atoms with Gasteiger partial charge in [0.2, 0.25) is 15.9 Å². The monoisotopic (exact) mass is 422 g/mol. The number of carbonyl (C=O) groups is 1. The van der Waals surface area contributed by atoms with Gasteiger partial charge < -0.3 is 10.1 Å². The number of thioether (sulfide) groups is 1. The van der Waals surface area contributed by atoms with Gasteiger partial charge >= 0.3 is 0 Å². The highest BCUT2D eigenvalue weighted by molar-refractivity contribution is 7.99. The van der Waals surface area contributed by atoms with E-state index in [4.69, 9.17) is 4.74 Å². The molecule has 28 heavy (non-hydrogen) atoms. The van der Waals surface area contributed by atoms with Crippen LogP contribution >= 0.6 is 11.8 Å². The Kier molecular flexibility index (Phi) is 8.19. The van der Waals surface area contributed by atoms with E-state index in [1.807, 2.05) is 44.2 Å². The molecule has 1 amide bonds. The SMILES string of the molecule is CC(C)Oc1ccc(N(CC(=O)NCCSc2ccccc2)S(C)(=O)=O)cc1. The van der Waals surface area contributed by atoms with Crippen LogP contribution in [0.5, 0.6) is 5.75 Å². The first-order chi connectivity index (χ1) is 13.3. The van der Waals surface area contributed by atoms with E-state index in [0.29, 0.717) is 23.7 Å². The Labute approximate surface area is 171 Å². The van der Waals surface area contributed by atoms with Crippen molar-refractivity contribution in [2.45, 2.75) is 24.8 Å². The van der Waals surface area contributed by atoms with Gasteiger partial charge in [-0.3, -0.25) is 9.10 Å². The largest absolute Gasteiger partial charge is 0.491 e. The maximum atomic E-state index is 12.2. The topological polar surface area (TPSA) is 75.7 Å². The lowest BCUT2D eigenvalue weighted by Crippen LogP contribution is -2.41. The van der Waals surface area contributed by atoms with E-state index >= 15 is 0 Å². The van der Waals surface area contributed by atoms with Crippen molar-refractivity contribution in [1.82, 2.24) is 5.32 Å². The number of nitrogens with one attached hydrogen (secondary N) is 1. The lowest BCUT2D eigenvalue weighted by Gasteiger charge is -2.22. The predicted octanol–water partition coefficient (Wildman–Crippen LogP) is 3.15. The van der Waals surface area contributed by atoms with Gasteiger partial charge in [-0.25, -0.2) is 8.42 Å². The van der Waals surface area contributed by atoms with Gasteiger partial charge in [0.1, 0.15) is 12.3 Å². The van der Waals surface area contributed by atoms with Crippen molar-refractivity contribution in [2.75, 3.05) is 29.4 Å². The molecule has 0 aliphatic rings. The molecule has 8 heteroatoms. The molecule has 0 heterocycles. The molecule has 6 nitrogen and oxygen atoms in total. The summed E-state index contributed by atoms with van der Waals surface area (Å²) < 4.78 is 31.0. The summed E-state index contributed by atoms with van der Waals surface area (Å²) in [5.74, 6) is 1.01. The van der Waals surface area contributed by atoms with Crippen LogP contribution in [0.4, 0.5) is 5.69 Å². The number of anilines is 1. The third kappa shape index (κ3) is 7.44. The molecule has 2 rings (SSSR count). The lowest BCUT2D eigenvalue weighted by molar-refractivity contribution is -0.119. The van der Waals surface area contributed by atoms with E-state index < -0.39 is 10.0 Å². The van der Waals surface area contributed by atoms with Crippen LogP contribution in [-0.2, 0) is 14.8 Å². The lowest BCUT2D eigenvalue weighted by atomic mass is 10.3. The van der Waals surface area contributed by atoms with Crippen molar-refractivity contribution >= 4 is 33.4 Å². The van der Waals surface area contributed by atoms with Gasteiger partial charge in [-0.05, 0) is 50.2 Å². The second-order valence-electron chi connectivity index (χ2n) is 6.44. The summed E-state index contributed by atoms with van der Waals surface area (Å²) in [6.45, 7) is 4.02. The zero-order chi connectivity index (χ0) is 20.6. The molecule has 0 atom stereocenters. The molecule has 2 aromatic rings. The maximum absolute atomic E-state index is 12.2. The summed E-state index contributed by atoms with van der Waals surface area (Å²) >= 11 is 1.63. The zero-order valence-electron chi connectivity index (χ0n) is 16.3. The summed E-state index contributed by atoms with van der Waals surface area (Å²) in [6.07, 6.45) is 1.11. The first-order valence-electron chi connectivity index (χ1n) is 8.94. The van der Waals surface area contributed by atoms with Crippen molar-refractivity contribution < 1.29 is 17.9 Å². The Morgan fingerprint density at radius 2 is 1.75 bits per heavy atom. The van der Waals surface area contributed by atoms with Crippen LogP contribution in [0.15, 0.2) is 59.5 Å². The second-order valence-corrected chi connectivity index (χ2v) is 9.52. The number of hydrogen-bond acceptors (Lipinski definition) is 5. The smallest absolute Gasteiger partial charge is 0.240 e. The summed E-state index contributed by atoms with van der Waals surface area (Å²) in [6, 6.07) is 16.5. The molecule has 0 aliphatic heterocycles. The van der Waals surface area contributed by atoms with E-state index in [2.05, 4.69) is 5.32 Å². The van der Waals surface area contributed by atoms with Gasteiger partial charge in [0.05, 0.1) is 18.0 Å². The molecule has 1 N–H and O–H groups in total. The second kappa shape index (κ2) is 10.4. The van der Waals surface area contributed by atoms with Crippen LogP contribution in [0, 0.1) is 0 Å². The molecule has 0 aromatic heterocycles. The normalized spacial score (nSPS) is 11.3. The zero-order valence-corrected chi connectivity index (χ0v) is 17.9. The Morgan fingerprint density at radius 3 is 2.32 bits per heavy atom. The Hall–Kier alpha value is -2.19. The van der Waals surface area contributed by atoms with Crippen molar-refractivity contribution in [3.8, 4) is 5.75 Å². The van der Waals surface area contributed by atoms with Crippen molar-refractivity contribution in [1.29, 1.82) is 0 Å². The fourth-order valence-corrected chi connectivity index (χ4v) is 4.07. The highest BCUT2D eigenvalue weighted by Crippen LogP contribution is 2.22. The molecule has 0 bridgehead atoms. The van der Waals surface area contributed by atoms with Crippen LogP contribution in [0.1, 0.15) is 13.8 Å². The standard InChI is InChI=1S/C20H26N2O4S2/c1-16(2)26-18-11-9-17(10-12-18)22(28(3,24)25)15-20(23)21-13-14-27-19-7-5-4-6-8-19/h4-12,16H,13-15H2,1-3H3,(H,21,23). The molecule has 0 spiro atoms. The van der Waals surface area contributed by atoms with Gasteiger partial charge in [-0.2, -0.15) is 0 Å². The van der Waals surface area contributed by atoms with Gasteiger partial charge in [-0.1, -0.05) is 18.2 Å². The Bertz CT molecular complexity index is 854. The summed E-state index contributed by atoms with van der Waals surface area (Å²) in [5, 5.41) is 2.77. The molecule has 0 radical (unpaired) electrons. The van der Waals surface area contributed by atoms with Gasteiger partial charge in [0, 0.05) is 17.2 Å². The van der Waals surface area contributed by atoms with E-state index in [-0.39, 0.29) is 18.6 Å². The molecule has 0 saturated heterocycles. The van der Waals surface area contributed by atoms with Crippen molar-refractivity contribution in [3.63, 3.8) is 0 Å². The third-order valence-corrected chi connectivity index (χ3v) is 5.77. The number of amides is 1. The van der Waals surface area contributed by atoms with E-state index in [9.17, 15) is 13.2 Å². The minimum absolute atomic E-state index is 0.0244. The maximum Gasteiger partial charge on any atom is 0.240 e. The van der Waals surface area contributed by atoms with Crippen LogP contribution < -0.4 is 14.4 Å². The number of carbonyl (C=O) groups excluding carboxylic acids is 1. The van der Waals surface area contributed by atoms with Crippen LogP contribution in [0.25, 0.3) is 0 Å². The first-order valence-corrected chi connectivity index (χ1v) is 11.8. The highest BCUT2D eigenvalue weighted by atomic mass is 32.2. The minimum atomic E-state index is -3.60. The molecule has 0 unspecified atom stereocenters. The number of sulfonamides is 1. The Balaban J connectivity index is 1.91. The van der Waals surface area contributed by atoms with Gasteiger partial charge in [-0.15, -0.1) is 11.8 Å². The van der Waals surface area contributed by atoms with Crippen LogP contribution in [0.2, 0.25) is 0 Å². The average Bonchev–Trinajstić information content (AvgIpc) is 2.64. The van der Waals surface area contributed by atoms with E-state index in [0.717, 1.165) is 15.5 Å². The van der Waals surface area contributed by atoms with Crippen LogP contribution in [0.3, 0.4) is 0 Å². The van der Waals surface area contributed by atoms with Crippen molar-refractivity contribution in [3.05, 3.63) is 54.6 Å². The molecular formula is C20H26N2O4S2. The number of nitrogens with zero attached hydrogens (tertiary/aromatic N) is 1. The number of benzene rings is 2. The fraction of sp³-hybridized carbons (Fsp3) is 0.350. The number of hydrogen-bond donors (Lipinski definition) is 1. The van der Waals surface area contributed by atoms with Crippen LogP contribution in [-0.4, -0.2) is 45.5 Å². The summed E-state index contributed by atoms with van der Waals surface area (Å²) in [4.78, 5) is 13.4. The summed E-state index contributed by atoms with van der Waals surface area (Å²) in [7, 11) is -3.60. The highest BCUT2D eigenvalue weighted by Gasteiger charge is 2.20. The molecule has 0 aliphatic carbocycles. The first kappa shape index (κ1) is 22.1. The van der Waals surface area contributed by atoms with E-state index in [1.165, 1.54) is 0 Å². The van der Waals surface area contributed by atoms with Gasteiger partial charge in [0.25, 0.3) is 0 Å². The number of rotatable bonds is 10. The quantitative estimate of drug-likeness (QED) is 0.470. The molecule has 152 valence electrons. The predicted molar refractivity (Wildman–Crippen MR) is 115 cm³/mol. The molecule has 0 saturated carbocycles. The average molecular weight is 423 g/mol. The van der Waals surface area contributed by atoms with Crippen molar-refractivity contribution in [2.24, 2.45) is 0 Å². The molecular weight excluding hydrogens is 396 g/mol. The third-order valence-electron chi connectivity index (χ3n) is 3.62. The number of ether oxygens (including phenoxy) is 1.